The van der Waals surface area contributed by atoms with Crippen LogP contribution in [-0.2, 0) is 19.5 Å². The lowest BCUT2D eigenvalue weighted by Crippen LogP contribution is -2.31. The topological polar surface area (TPSA) is 61.0 Å². The van der Waals surface area contributed by atoms with Crippen LogP contribution in [-0.4, -0.2) is 22.4 Å². The number of halogens is 1. The van der Waals surface area contributed by atoms with Crippen LogP contribution in [0.15, 0.2) is 67.0 Å². The molecule has 2 aromatic heterocycles. The fourth-order valence-corrected chi connectivity index (χ4v) is 3.96. The van der Waals surface area contributed by atoms with Crippen LogP contribution in [0.3, 0.4) is 0 Å². The van der Waals surface area contributed by atoms with Crippen molar-refractivity contribution in [1.82, 2.24) is 15.3 Å². The average Bonchev–Trinajstić information content (AvgIpc) is 3.20. The third kappa shape index (κ3) is 3.52. The maximum Gasteiger partial charge on any atom is 0.253 e. The van der Waals surface area contributed by atoms with Gasteiger partial charge in [0.25, 0.3) is 5.91 Å². The van der Waals surface area contributed by atoms with E-state index in [2.05, 4.69) is 44.5 Å². The number of fused-ring (bicyclic) bond motifs is 2. The van der Waals surface area contributed by atoms with Crippen LogP contribution in [0.1, 0.15) is 27.0 Å². The van der Waals surface area contributed by atoms with E-state index in [4.69, 9.17) is 0 Å². The van der Waals surface area contributed by atoms with E-state index in [-0.39, 0.29) is 11.7 Å². The molecule has 0 saturated carbocycles. The second-order valence-electron chi connectivity index (χ2n) is 7.54. The second-order valence-corrected chi connectivity index (χ2v) is 7.54. The zero-order valence-electron chi connectivity index (χ0n) is 16.4. The number of anilines is 1. The summed E-state index contributed by atoms with van der Waals surface area (Å²) in [7, 11) is 0. The summed E-state index contributed by atoms with van der Waals surface area (Å²) in [6.45, 7) is 2.19. The average molecular weight is 400 g/mol. The van der Waals surface area contributed by atoms with E-state index >= 15 is 0 Å². The number of hydrogen-bond donors (Lipinski definition) is 2. The maximum absolute atomic E-state index is 13.3. The zero-order valence-corrected chi connectivity index (χ0v) is 16.4. The normalized spacial score (nSPS) is 13.3. The maximum atomic E-state index is 13.3. The lowest BCUT2D eigenvalue weighted by atomic mass is 10.00. The van der Waals surface area contributed by atoms with Crippen LogP contribution in [0, 0.1) is 5.82 Å². The van der Waals surface area contributed by atoms with Crippen molar-refractivity contribution in [2.24, 2.45) is 0 Å². The van der Waals surface area contributed by atoms with Crippen LogP contribution in [0.2, 0.25) is 0 Å². The van der Waals surface area contributed by atoms with Gasteiger partial charge in [0.05, 0.1) is 5.56 Å². The van der Waals surface area contributed by atoms with Crippen LogP contribution >= 0.6 is 0 Å². The van der Waals surface area contributed by atoms with Gasteiger partial charge in [-0.1, -0.05) is 30.3 Å². The SMILES string of the molecule is O=C(NCc1ccc(N2CCc3ccccc3C2)nc1)c1c[nH]c2cc(F)ccc12. The van der Waals surface area contributed by atoms with Crippen LogP contribution < -0.4 is 10.2 Å². The van der Waals surface area contributed by atoms with E-state index in [1.165, 1.54) is 23.3 Å². The fourth-order valence-electron chi connectivity index (χ4n) is 3.96. The number of pyridine rings is 1. The van der Waals surface area contributed by atoms with Gasteiger partial charge >= 0.3 is 0 Å². The molecule has 1 aliphatic heterocycles. The number of amides is 1. The van der Waals surface area contributed by atoms with Crippen LogP contribution in [0.25, 0.3) is 10.9 Å². The Morgan fingerprint density at radius 3 is 2.83 bits per heavy atom. The molecule has 0 aliphatic carbocycles. The summed E-state index contributed by atoms with van der Waals surface area (Å²) in [5, 5.41) is 3.62. The van der Waals surface area contributed by atoms with Crippen molar-refractivity contribution in [1.29, 1.82) is 0 Å². The number of carbonyl (C=O) groups is 1. The Labute approximate surface area is 173 Å². The first-order chi connectivity index (χ1) is 14.7. The van der Waals surface area contributed by atoms with Crippen molar-refractivity contribution in [3.8, 4) is 0 Å². The number of nitrogens with zero attached hydrogens (tertiary/aromatic N) is 2. The van der Waals surface area contributed by atoms with Gasteiger partial charge in [0, 0.05) is 42.9 Å². The molecule has 2 N–H and O–H groups in total. The molecule has 0 saturated heterocycles. The molecule has 3 heterocycles. The molecule has 0 unspecified atom stereocenters. The first-order valence-corrected chi connectivity index (χ1v) is 9.99. The molecular weight excluding hydrogens is 379 g/mol. The fraction of sp³-hybridized carbons (Fsp3) is 0.167. The predicted molar refractivity (Wildman–Crippen MR) is 115 cm³/mol. The van der Waals surface area contributed by atoms with Crippen molar-refractivity contribution < 1.29 is 9.18 Å². The molecule has 0 bridgehead atoms. The van der Waals surface area contributed by atoms with Crippen LogP contribution in [0.4, 0.5) is 10.2 Å². The van der Waals surface area contributed by atoms with E-state index in [1.54, 1.807) is 18.5 Å². The molecule has 1 aliphatic rings. The standard InChI is InChI=1S/C24H21FN4O/c25-19-6-7-20-21(14-26-22(20)11-19)24(30)28-13-16-5-8-23(27-12-16)29-10-9-17-3-1-2-4-18(17)15-29/h1-8,11-12,14,26H,9-10,13,15H2,(H,28,30). The second kappa shape index (κ2) is 7.63. The minimum Gasteiger partial charge on any atom is -0.360 e. The number of aromatic amines is 1. The summed E-state index contributed by atoms with van der Waals surface area (Å²) in [6, 6.07) is 16.9. The van der Waals surface area contributed by atoms with Crippen LogP contribution in [0.5, 0.6) is 0 Å². The molecule has 6 heteroatoms. The molecule has 2 aromatic carbocycles. The minimum absolute atomic E-state index is 0.204. The van der Waals surface area contributed by atoms with Gasteiger partial charge in [-0.15, -0.1) is 0 Å². The third-order valence-corrected chi connectivity index (χ3v) is 5.61. The van der Waals surface area contributed by atoms with Gasteiger partial charge in [0.2, 0.25) is 0 Å². The molecule has 0 radical (unpaired) electrons. The number of rotatable bonds is 4. The lowest BCUT2D eigenvalue weighted by Gasteiger charge is -2.29. The summed E-state index contributed by atoms with van der Waals surface area (Å²) < 4.78 is 13.3. The summed E-state index contributed by atoms with van der Waals surface area (Å²) in [5.41, 5.74) is 4.79. The first-order valence-electron chi connectivity index (χ1n) is 9.99. The smallest absolute Gasteiger partial charge is 0.253 e. The highest BCUT2D eigenvalue weighted by molar-refractivity contribution is 6.06. The Morgan fingerprint density at radius 1 is 1.13 bits per heavy atom. The largest absolute Gasteiger partial charge is 0.360 e. The zero-order chi connectivity index (χ0) is 20.5. The van der Waals surface area contributed by atoms with Gasteiger partial charge in [0.15, 0.2) is 0 Å². The van der Waals surface area contributed by atoms with Crippen molar-refractivity contribution in [2.45, 2.75) is 19.5 Å². The molecule has 5 rings (SSSR count). The molecule has 0 fully saturated rings. The number of carbonyl (C=O) groups excluding carboxylic acids is 1. The Morgan fingerprint density at radius 2 is 2.00 bits per heavy atom. The first kappa shape index (κ1) is 18.4. The summed E-state index contributed by atoms with van der Waals surface area (Å²) in [4.78, 5) is 22.4. The van der Waals surface area contributed by atoms with E-state index in [0.29, 0.717) is 23.0 Å². The summed E-state index contributed by atoms with van der Waals surface area (Å²) in [5.74, 6) is 0.405. The summed E-state index contributed by atoms with van der Waals surface area (Å²) in [6.07, 6.45) is 4.43. The van der Waals surface area contributed by atoms with Gasteiger partial charge in [-0.2, -0.15) is 0 Å². The Hall–Kier alpha value is -3.67. The van der Waals surface area contributed by atoms with Gasteiger partial charge in [-0.05, 0) is 47.4 Å². The molecule has 0 spiro atoms. The number of H-pyrrole nitrogens is 1. The van der Waals surface area contributed by atoms with Gasteiger partial charge in [0.1, 0.15) is 11.6 Å². The third-order valence-electron chi connectivity index (χ3n) is 5.61. The van der Waals surface area contributed by atoms with Gasteiger partial charge < -0.3 is 15.2 Å². The number of hydrogen-bond acceptors (Lipinski definition) is 3. The highest BCUT2D eigenvalue weighted by atomic mass is 19.1. The van der Waals surface area contributed by atoms with Crippen molar-refractivity contribution >= 4 is 22.6 Å². The molecule has 0 atom stereocenters. The predicted octanol–water partition coefficient (Wildman–Crippen LogP) is 4.19. The highest BCUT2D eigenvalue weighted by Crippen LogP contribution is 2.23. The minimum atomic E-state index is -0.334. The Bertz CT molecular complexity index is 1220. The molecule has 1 amide bonds. The Kier molecular flexibility index (Phi) is 4.67. The number of benzene rings is 2. The molecule has 150 valence electrons. The van der Waals surface area contributed by atoms with E-state index in [1.807, 2.05) is 12.1 Å². The van der Waals surface area contributed by atoms with E-state index in [9.17, 15) is 9.18 Å². The molecule has 5 nitrogen and oxygen atoms in total. The van der Waals surface area contributed by atoms with Crippen molar-refractivity contribution in [3.63, 3.8) is 0 Å². The quantitative estimate of drug-likeness (QED) is 0.540. The molecular formula is C24H21FN4O. The van der Waals surface area contributed by atoms with Crippen molar-refractivity contribution in [3.05, 3.63) is 95.1 Å². The van der Waals surface area contributed by atoms with Gasteiger partial charge in [-0.25, -0.2) is 9.37 Å². The Balaban J connectivity index is 1.24. The van der Waals surface area contributed by atoms with E-state index in [0.717, 1.165) is 30.9 Å². The summed E-state index contributed by atoms with van der Waals surface area (Å²) >= 11 is 0. The number of nitrogens with one attached hydrogen (secondary N) is 2. The van der Waals surface area contributed by atoms with Crippen molar-refractivity contribution in [2.75, 3.05) is 11.4 Å². The monoisotopic (exact) mass is 400 g/mol. The molecule has 4 aromatic rings. The molecule has 30 heavy (non-hydrogen) atoms. The highest BCUT2D eigenvalue weighted by Gasteiger charge is 2.17. The van der Waals surface area contributed by atoms with Gasteiger partial charge in [-0.3, -0.25) is 4.79 Å². The number of aromatic nitrogens is 2. The lowest BCUT2D eigenvalue weighted by molar-refractivity contribution is 0.0952. The van der Waals surface area contributed by atoms with E-state index < -0.39 is 0 Å².